The van der Waals surface area contributed by atoms with Crippen molar-refractivity contribution in [3.05, 3.63) is 11.4 Å². The van der Waals surface area contributed by atoms with Crippen LogP contribution in [0.3, 0.4) is 0 Å². The molecule has 0 N–H and O–H groups in total. The molecule has 0 aromatic rings. The second-order valence-electron chi connectivity index (χ2n) is 2.42. The molecule has 1 nitrogen and oxygen atoms in total. The molecule has 0 atom stereocenters. The van der Waals surface area contributed by atoms with Crippen LogP contribution >= 0.6 is 0 Å². The van der Waals surface area contributed by atoms with Crippen molar-refractivity contribution in [3.63, 3.8) is 0 Å². The summed E-state index contributed by atoms with van der Waals surface area (Å²) in [6, 6.07) is 0.378. The highest BCUT2D eigenvalue weighted by Crippen LogP contribution is 2.19. The summed E-state index contributed by atoms with van der Waals surface area (Å²) in [6.45, 7) is 10.7. The maximum Gasteiger partial charge on any atom is 0.223 e. The van der Waals surface area contributed by atoms with Crippen molar-refractivity contribution < 1.29 is 0 Å². The van der Waals surface area contributed by atoms with Crippen LogP contribution in [0.25, 0.3) is 4.85 Å². The van der Waals surface area contributed by atoms with E-state index in [1.54, 1.807) is 0 Å². The molecule has 0 aromatic carbocycles. The monoisotopic (exact) mass is 139 g/mol. The van der Waals surface area contributed by atoms with E-state index in [9.17, 15) is 0 Å². The van der Waals surface area contributed by atoms with Crippen LogP contribution in [0.15, 0.2) is 0 Å². The number of nitrogens with zero attached hydrogens (tertiary/aromatic N) is 1. The first-order valence-electron chi connectivity index (χ1n) is 4.30. The van der Waals surface area contributed by atoms with Crippen molar-refractivity contribution in [1.29, 1.82) is 0 Å². The fourth-order valence-corrected chi connectivity index (χ4v) is 1.21. The molecule has 0 unspecified atom stereocenters. The third-order valence-electron chi connectivity index (χ3n) is 1.76. The predicted octanol–water partition coefficient (Wildman–Crippen LogP) is 3.26. The summed E-state index contributed by atoms with van der Waals surface area (Å²) in [5, 5.41) is 0. The molecule has 1 saturated carbocycles. The fourth-order valence-electron chi connectivity index (χ4n) is 1.21. The largest absolute Gasteiger partial charge is 0.314 e. The second kappa shape index (κ2) is 6.61. The summed E-state index contributed by atoms with van der Waals surface area (Å²) in [5.41, 5.74) is 0. The highest BCUT2D eigenvalue weighted by Gasteiger charge is 2.15. The van der Waals surface area contributed by atoms with Gasteiger partial charge in [-0.3, -0.25) is 0 Å². The van der Waals surface area contributed by atoms with Gasteiger partial charge in [0.1, 0.15) is 0 Å². The van der Waals surface area contributed by atoms with Crippen LogP contribution < -0.4 is 0 Å². The zero-order valence-corrected chi connectivity index (χ0v) is 7.06. The van der Waals surface area contributed by atoms with Crippen LogP contribution in [0.1, 0.15) is 46.0 Å². The zero-order chi connectivity index (χ0) is 7.82. The van der Waals surface area contributed by atoms with Crippen molar-refractivity contribution in [2.24, 2.45) is 0 Å². The van der Waals surface area contributed by atoms with Crippen LogP contribution in [-0.2, 0) is 0 Å². The zero-order valence-electron chi connectivity index (χ0n) is 7.06. The van der Waals surface area contributed by atoms with E-state index in [0.717, 1.165) is 12.8 Å². The Hall–Kier alpha value is -0.510. The minimum absolute atomic E-state index is 0.378. The van der Waals surface area contributed by atoms with Gasteiger partial charge in [0.05, 0.1) is 0 Å². The van der Waals surface area contributed by atoms with Crippen molar-refractivity contribution in [2.45, 2.75) is 52.0 Å². The fraction of sp³-hybridized carbons (Fsp3) is 0.889. The number of rotatable bonds is 0. The summed E-state index contributed by atoms with van der Waals surface area (Å²) < 4.78 is 0. The van der Waals surface area contributed by atoms with Gasteiger partial charge in [-0.15, -0.1) is 0 Å². The first-order valence-corrected chi connectivity index (χ1v) is 4.30. The Bertz CT molecular complexity index is 95.8. The summed E-state index contributed by atoms with van der Waals surface area (Å²) in [7, 11) is 0. The molecule has 1 aliphatic rings. The molecule has 0 aliphatic heterocycles. The first-order chi connectivity index (χ1) is 4.93. The van der Waals surface area contributed by atoms with E-state index in [1.165, 1.54) is 19.3 Å². The lowest BCUT2D eigenvalue weighted by Crippen LogP contribution is -2.06. The van der Waals surface area contributed by atoms with Gasteiger partial charge in [-0.1, -0.05) is 20.3 Å². The average Bonchev–Trinajstić information content (AvgIpc) is 2.10. The van der Waals surface area contributed by atoms with Crippen LogP contribution in [0.2, 0.25) is 0 Å². The van der Waals surface area contributed by atoms with E-state index in [0.29, 0.717) is 6.04 Å². The van der Waals surface area contributed by atoms with Crippen LogP contribution in [0, 0.1) is 6.57 Å². The van der Waals surface area contributed by atoms with Gasteiger partial charge < -0.3 is 4.85 Å². The average molecular weight is 139 g/mol. The van der Waals surface area contributed by atoms with E-state index in [-0.39, 0.29) is 0 Å². The van der Waals surface area contributed by atoms with Crippen molar-refractivity contribution in [2.75, 3.05) is 0 Å². The van der Waals surface area contributed by atoms with Gasteiger partial charge in [0.15, 0.2) is 0 Å². The molecule has 0 amide bonds. The van der Waals surface area contributed by atoms with E-state index < -0.39 is 0 Å². The Labute approximate surface area is 64.3 Å². The molecule has 1 aliphatic carbocycles. The molecule has 0 spiro atoms. The standard InChI is InChI=1S/C7H11N.C2H6/c1-8-7-5-3-2-4-6-7;1-2/h7H,2-6H2;1-2H3. The molecule has 1 rings (SSSR count). The lowest BCUT2D eigenvalue weighted by molar-refractivity contribution is 0.480. The van der Waals surface area contributed by atoms with Crippen molar-refractivity contribution in [3.8, 4) is 0 Å². The molecule has 58 valence electrons. The molecule has 0 saturated heterocycles. The minimum atomic E-state index is 0.378. The quantitative estimate of drug-likeness (QED) is 0.454. The molecule has 0 aromatic heterocycles. The Morgan fingerprint density at radius 3 is 1.90 bits per heavy atom. The molecule has 0 bridgehead atoms. The van der Waals surface area contributed by atoms with E-state index in [4.69, 9.17) is 6.57 Å². The van der Waals surface area contributed by atoms with E-state index >= 15 is 0 Å². The Kier molecular flexibility index (Phi) is 6.27. The number of hydrogen-bond acceptors (Lipinski definition) is 0. The summed E-state index contributed by atoms with van der Waals surface area (Å²) in [4.78, 5) is 3.50. The third-order valence-corrected chi connectivity index (χ3v) is 1.76. The summed E-state index contributed by atoms with van der Waals surface area (Å²) in [5.74, 6) is 0. The lowest BCUT2D eigenvalue weighted by Gasteiger charge is -2.09. The van der Waals surface area contributed by atoms with Crippen LogP contribution in [-0.4, -0.2) is 6.04 Å². The second-order valence-corrected chi connectivity index (χ2v) is 2.42. The van der Waals surface area contributed by atoms with Crippen molar-refractivity contribution >= 4 is 0 Å². The maximum absolute atomic E-state index is 6.72. The van der Waals surface area contributed by atoms with Gasteiger partial charge >= 0.3 is 0 Å². The molecular weight excluding hydrogens is 122 g/mol. The molecule has 0 heterocycles. The maximum atomic E-state index is 6.72. The molecule has 0 radical (unpaired) electrons. The molecular formula is C9H17N. The highest BCUT2D eigenvalue weighted by molar-refractivity contribution is 4.80. The lowest BCUT2D eigenvalue weighted by atomic mass is 9.96. The topological polar surface area (TPSA) is 4.36 Å². The SMILES string of the molecule is CC.[C-]#[N+]C1CCCCC1. The van der Waals surface area contributed by atoms with Gasteiger partial charge in [0.2, 0.25) is 6.04 Å². The van der Waals surface area contributed by atoms with E-state index in [1.807, 2.05) is 13.8 Å². The first kappa shape index (κ1) is 9.49. The Balaban J connectivity index is 0.000000371. The van der Waals surface area contributed by atoms with Crippen LogP contribution in [0.5, 0.6) is 0 Å². The van der Waals surface area contributed by atoms with Crippen molar-refractivity contribution in [1.82, 2.24) is 0 Å². The predicted molar refractivity (Wildman–Crippen MR) is 44.8 cm³/mol. The summed E-state index contributed by atoms with van der Waals surface area (Å²) in [6.07, 6.45) is 6.24. The van der Waals surface area contributed by atoms with Gasteiger partial charge in [-0.2, -0.15) is 0 Å². The minimum Gasteiger partial charge on any atom is -0.314 e. The van der Waals surface area contributed by atoms with Gasteiger partial charge in [-0.05, 0) is 12.8 Å². The molecule has 1 fully saturated rings. The van der Waals surface area contributed by atoms with Gasteiger partial charge in [0, 0.05) is 12.8 Å². The highest BCUT2D eigenvalue weighted by atomic mass is 14.7. The molecule has 1 heteroatoms. The van der Waals surface area contributed by atoms with Crippen LogP contribution in [0.4, 0.5) is 0 Å². The third kappa shape index (κ3) is 3.50. The Morgan fingerprint density at radius 2 is 1.60 bits per heavy atom. The number of hydrogen-bond donors (Lipinski definition) is 0. The summed E-state index contributed by atoms with van der Waals surface area (Å²) >= 11 is 0. The smallest absolute Gasteiger partial charge is 0.223 e. The normalized spacial score (nSPS) is 18.5. The van der Waals surface area contributed by atoms with Gasteiger partial charge in [-0.25, -0.2) is 6.57 Å². The van der Waals surface area contributed by atoms with E-state index in [2.05, 4.69) is 4.85 Å². The van der Waals surface area contributed by atoms with Gasteiger partial charge in [0.25, 0.3) is 0 Å². The Morgan fingerprint density at radius 1 is 1.10 bits per heavy atom. The molecule has 10 heavy (non-hydrogen) atoms.